The molecule has 0 bridgehead atoms. The Morgan fingerprint density at radius 1 is 1.04 bits per heavy atom. The molecular formula is C20H26N2O. The molecule has 3 nitrogen and oxygen atoms in total. The smallest absolute Gasteiger partial charge is 0.239 e. The third-order valence-corrected chi connectivity index (χ3v) is 4.06. The average molecular weight is 310 g/mol. The summed E-state index contributed by atoms with van der Waals surface area (Å²) in [7, 11) is 0. The van der Waals surface area contributed by atoms with Crippen molar-refractivity contribution >= 4 is 11.6 Å². The van der Waals surface area contributed by atoms with Gasteiger partial charge >= 0.3 is 0 Å². The highest BCUT2D eigenvalue weighted by molar-refractivity contribution is 5.81. The molecule has 3 heteroatoms. The van der Waals surface area contributed by atoms with Gasteiger partial charge in [-0.25, -0.2) is 0 Å². The zero-order valence-corrected chi connectivity index (χ0v) is 14.3. The molecular weight excluding hydrogens is 284 g/mol. The molecule has 1 amide bonds. The van der Waals surface area contributed by atoms with Crippen LogP contribution >= 0.6 is 0 Å². The summed E-state index contributed by atoms with van der Waals surface area (Å²) in [6, 6.07) is 18.5. The van der Waals surface area contributed by atoms with E-state index < -0.39 is 0 Å². The van der Waals surface area contributed by atoms with Gasteiger partial charge in [0.25, 0.3) is 0 Å². The minimum Gasteiger partial charge on any atom is -0.363 e. The number of nitrogens with zero attached hydrogens (tertiary/aromatic N) is 1. The molecule has 0 aromatic heterocycles. The molecule has 0 saturated heterocycles. The summed E-state index contributed by atoms with van der Waals surface area (Å²) in [6.07, 6.45) is 0.881. The lowest BCUT2D eigenvalue weighted by Crippen LogP contribution is -2.38. The van der Waals surface area contributed by atoms with Crippen molar-refractivity contribution < 1.29 is 4.79 Å². The monoisotopic (exact) mass is 310 g/mol. The third-order valence-electron chi connectivity index (χ3n) is 4.06. The fourth-order valence-corrected chi connectivity index (χ4v) is 2.66. The topological polar surface area (TPSA) is 32.3 Å². The lowest BCUT2D eigenvalue weighted by atomic mass is 10.0. The van der Waals surface area contributed by atoms with Crippen LogP contribution in [-0.2, 0) is 4.79 Å². The van der Waals surface area contributed by atoms with Gasteiger partial charge in [0.05, 0.1) is 12.6 Å². The molecule has 0 aliphatic rings. The van der Waals surface area contributed by atoms with Crippen molar-refractivity contribution in [2.24, 2.45) is 0 Å². The number of likely N-dealkylation sites (N-methyl/N-ethyl adjacent to an activating group) is 1. The first-order chi connectivity index (χ1) is 11.1. The van der Waals surface area contributed by atoms with Crippen molar-refractivity contribution in [2.45, 2.75) is 33.2 Å². The Labute approximate surface area is 139 Å². The number of hydrogen-bond acceptors (Lipinski definition) is 2. The molecule has 23 heavy (non-hydrogen) atoms. The zero-order valence-electron chi connectivity index (χ0n) is 14.3. The molecule has 2 aromatic rings. The molecule has 0 aliphatic carbocycles. The zero-order chi connectivity index (χ0) is 16.7. The van der Waals surface area contributed by atoms with Crippen molar-refractivity contribution in [3.63, 3.8) is 0 Å². The minimum atomic E-state index is 0.0585. The van der Waals surface area contributed by atoms with Gasteiger partial charge in [-0.2, -0.15) is 0 Å². The van der Waals surface area contributed by atoms with Crippen LogP contribution in [0.2, 0.25) is 0 Å². The number of aryl methyl sites for hydroxylation is 1. The Hall–Kier alpha value is -2.29. The molecule has 2 rings (SSSR count). The van der Waals surface area contributed by atoms with Crippen LogP contribution in [0.1, 0.15) is 37.4 Å². The van der Waals surface area contributed by atoms with E-state index in [0.717, 1.165) is 24.2 Å². The summed E-state index contributed by atoms with van der Waals surface area (Å²) < 4.78 is 0. The predicted molar refractivity (Wildman–Crippen MR) is 96.7 cm³/mol. The fourth-order valence-electron chi connectivity index (χ4n) is 2.66. The molecule has 0 radical (unpaired) electrons. The Morgan fingerprint density at radius 3 is 2.26 bits per heavy atom. The van der Waals surface area contributed by atoms with Crippen LogP contribution in [0.5, 0.6) is 0 Å². The van der Waals surface area contributed by atoms with Gasteiger partial charge in [0.15, 0.2) is 0 Å². The molecule has 1 unspecified atom stereocenters. The summed E-state index contributed by atoms with van der Waals surface area (Å²) in [5.41, 5.74) is 3.47. The van der Waals surface area contributed by atoms with Gasteiger partial charge in [-0.1, -0.05) is 55.0 Å². The Balaban J connectivity index is 2.00. The number of para-hydroxylation sites is 1. The molecule has 122 valence electrons. The number of hydrogen-bond donors (Lipinski definition) is 1. The number of amides is 1. The van der Waals surface area contributed by atoms with Gasteiger partial charge < -0.3 is 10.2 Å². The van der Waals surface area contributed by atoms with E-state index in [9.17, 15) is 4.79 Å². The predicted octanol–water partition coefficient (Wildman–Crippen LogP) is 4.09. The summed E-state index contributed by atoms with van der Waals surface area (Å²) in [5.74, 6) is 0.0585. The largest absolute Gasteiger partial charge is 0.363 e. The normalized spacial score (nSPS) is 11.8. The highest BCUT2D eigenvalue weighted by atomic mass is 16.2. The van der Waals surface area contributed by atoms with Gasteiger partial charge in [-0.15, -0.1) is 0 Å². The first-order valence-corrected chi connectivity index (χ1v) is 8.30. The number of rotatable bonds is 7. The van der Waals surface area contributed by atoms with Crippen LogP contribution in [0.4, 0.5) is 5.69 Å². The van der Waals surface area contributed by atoms with E-state index in [1.807, 2.05) is 30.3 Å². The van der Waals surface area contributed by atoms with Gasteiger partial charge in [0, 0.05) is 12.2 Å². The first kappa shape index (κ1) is 17.1. The van der Waals surface area contributed by atoms with Gasteiger partial charge in [-0.3, -0.25) is 4.79 Å². The van der Waals surface area contributed by atoms with E-state index in [4.69, 9.17) is 0 Å². The van der Waals surface area contributed by atoms with E-state index >= 15 is 0 Å². The van der Waals surface area contributed by atoms with Crippen LogP contribution < -0.4 is 10.2 Å². The minimum absolute atomic E-state index is 0.0585. The van der Waals surface area contributed by atoms with E-state index in [1.165, 1.54) is 5.56 Å². The van der Waals surface area contributed by atoms with Crippen molar-refractivity contribution in [1.82, 2.24) is 5.32 Å². The van der Waals surface area contributed by atoms with Crippen LogP contribution in [0, 0.1) is 6.92 Å². The SMILES string of the molecule is CCC(NC(=O)CN(CC)c1ccccc1)c1ccc(C)cc1. The first-order valence-electron chi connectivity index (χ1n) is 8.30. The van der Waals surface area contributed by atoms with Crippen molar-refractivity contribution in [3.05, 3.63) is 65.7 Å². The highest BCUT2D eigenvalue weighted by Gasteiger charge is 2.15. The lowest BCUT2D eigenvalue weighted by molar-refractivity contribution is -0.120. The standard InChI is InChI=1S/C20H26N2O/c1-4-19(17-13-11-16(3)12-14-17)21-20(23)15-22(5-2)18-9-7-6-8-10-18/h6-14,19H,4-5,15H2,1-3H3,(H,21,23). The summed E-state index contributed by atoms with van der Waals surface area (Å²) in [6.45, 7) is 7.42. The maximum absolute atomic E-state index is 12.4. The Morgan fingerprint density at radius 2 is 1.70 bits per heavy atom. The number of nitrogens with one attached hydrogen (secondary N) is 1. The number of anilines is 1. The van der Waals surface area contributed by atoms with E-state index in [1.54, 1.807) is 0 Å². The fraction of sp³-hybridized carbons (Fsp3) is 0.350. The van der Waals surface area contributed by atoms with Gasteiger partial charge in [0.1, 0.15) is 0 Å². The molecule has 0 heterocycles. The highest BCUT2D eigenvalue weighted by Crippen LogP contribution is 2.18. The summed E-state index contributed by atoms with van der Waals surface area (Å²) >= 11 is 0. The molecule has 0 saturated carbocycles. The maximum atomic E-state index is 12.4. The number of carbonyl (C=O) groups is 1. The van der Waals surface area contributed by atoms with Crippen LogP contribution in [0.25, 0.3) is 0 Å². The van der Waals surface area contributed by atoms with Crippen LogP contribution in [0.3, 0.4) is 0 Å². The van der Waals surface area contributed by atoms with Gasteiger partial charge in [-0.05, 0) is 38.0 Å². The molecule has 0 fully saturated rings. The maximum Gasteiger partial charge on any atom is 0.239 e. The summed E-state index contributed by atoms with van der Waals surface area (Å²) in [4.78, 5) is 14.5. The van der Waals surface area contributed by atoms with E-state index in [0.29, 0.717) is 6.54 Å². The second kappa shape index (κ2) is 8.37. The molecule has 1 N–H and O–H groups in total. The second-order valence-electron chi connectivity index (χ2n) is 5.79. The molecule has 2 aromatic carbocycles. The van der Waals surface area contributed by atoms with Crippen molar-refractivity contribution in [3.8, 4) is 0 Å². The summed E-state index contributed by atoms with van der Waals surface area (Å²) in [5, 5.41) is 3.16. The Kier molecular flexibility index (Phi) is 6.21. The van der Waals surface area contributed by atoms with Crippen molar-refractivity contribution in [2.75, 3.05) is 18.0 Å². The molecule has 0 aliphatic heterocycles. The number of benzene rings is 2. The van der Waals surface area contributed by atoms with Gasteiger partial charge in [0.2, 0.25) is 5.91 Å². The van der Waals surface area contributed by atoms with Crippen LogP contribution in [0.15, 0.2) is 54.6 Å². The van der Waals surface area contributed by atoms with Crippen LogP contribution in [-0.4, -0.2) is 19.0 Å². The quantitative estimate of drug-likeness (QED) is 0.835. The third kappa shape index (κ3) is 4.85. The van der Waals surface area contributed by atoms with E-state index in [-0.39, 0.29) is 11.9 Å². The molecule has 0 spiro atoms. The second-order valence-corrected chi connectivity index (χ2v) is 5.79. The van der Waals surface area contributed by atoms with Crippen molar-refractivity contribution in [1.29, 1.82) is 0 Å². The average Bonchev–Trinajstić information content (AvgIpc) is 2.59. The van der Waals surface area contributed by atoms with E-state index in [2.05, 4.69) is 55.3 Å². The Bertz CT molecular complexity index is 607. The molecule has 1 atom stereocenters. The number of carbonyl (C=O) groups excluding carboxylic acids is 1. The lowest BCUT2D eigenvalue weighted by Gasteiger charge is -2.24.